The van der Waals surface area contributed by atoms with Gasteiger partial charge in [0.05, 0.1) is 19.3 Å². The van der Waals surface area contributed by atoms with Crippen LogP contribution in [0.1, 0.15) is 5.82 Å². The number of aliphatic hydroxyl groups is 2. The van der Waals surface area contributed by atoms with Gasteiger partial charge in [0.1, 0.15) is 5.82 Å². The van der Waals surface area contributed by atoms with E-state index in [1.54, 1.807) is 16.7 Å². The van der Waals surface area contributed by atoms with Gasteiger partial charge < -0.3 is 15.9 Å². The highest BCUT2D eigenvalue weighted by Crippen LogP contribution is 2.22. The monoisotopic (exact) mass is 334 g/mol. The van der Waals surface area contributed by atoms with Crippen LogP contribution in [0.4, 0.5) is 4.39 Å². The minimum Gasteiger partial charge on any atom is -0.394 e. The third-order valence-corrected chi connectivity index (χ3v) is 3.66. The standard InChI is InChI=1S/C12H15FN4O2S.ClH/c13-8-1-3-9(4-2-8)17-11(5-14)15-16-12(17)20-7-10(19)6-18;/h1-4,10,18-19H,5-7,14H2;1H/t10-;/m0./s1. The molecule has 0 unspecified atom stereocenters. The number of hydrogen-bond acceptors (Lipinski definition) is 6. The number of rotatable bonds is 6. The fourth-order valence-electron chi connectivity index (χ4n) is 1.60. The quantitative estimate of drug-likeness (QED) is 0.674. The normalized spacial score (nSPS) is 12.0. The van der Waals surface area contributed by atoms with Gasteiger partial charge in [-0.05, 0) is 24.3 Å². The van der Waals surface area contributed by atoms with E-state index in [9.17, 15) is 9.50 Å². The van der Waals surface area contributed by atoms with E-state index in [0.717, 1.165) is 0 Å². The molecule has 0 bridgehead atoms. The fraction of sp³-hybridized carbons (Fsp3) is 0.333. The van der Waals surface area contributed by atoms with Crippen LogP contribution in [0.3, 0.4) is 0 Å². The van der Waals surface area contributed by atoms with E-state index in [1.807, 2.05) is 0 Å². The van der Waals surface area contributed by atoms with Crippen molar-refractivity contribution in [3.63, 3.8) is 0 Å². The molecule has 1 aromatic carbocycles. The molecule has 0 saturated heterocycles. The Kier molecular flexibility index (Phi) is 7.06. The molecule has 0 aliphatic rings. The summed E-state index contributed by atoms with van der Waals surface area (Å²) in [4.78, 5) is 0. The predicted molar refractivity (Wildman–Crippen MR) is 80.3 cm³/mol. The van der Waals surface area contributed by atoms with Gasteiger partial charge in [-0.2, -0.15) is 0 Å². The maximum atomic E-state index is 13.0. The molecule has 0 fully saturated rings. The van der Waals surface area contributed by atoms with Gasteiger partial charge in [0.25, 0.3) is 0 Å². The molecule has 1 atom stereocenters. The Bertz CT molecular complexity index is 567. The first-order valence-corrected chi connectivity index (χ1v) is 6.96. The van der Waals surface area contributed by atoms with E-state index in [0.29, 0.717) is 16.7 Å². The Hall–Kier alpha value is -1.19. The number of thioether (sulfide) groups is 1. The number of hydrogen-bond donors (Lipinski definition) is 3. The first-order valence-electron chi connectivity index (χ1n) is 5.97. The van der Waals surface area contributed by atoms with Crippen molar-refractivity contribution in [3.8, 4) is 5.69 Å². The maximum Gasteiger partial charge on any atom is 0.195 e. The number of benzene rings is 1. The van der Waals surface area contributed by atoms with E-state index >= 15 is 0 Å². The zero-order chi connectivity index (χ0) is 14.5. The number of nitrogens with two attached hydrogens (primary N) is 1. The first-order chi connectivity index (χ1) is 9.65. The second-order valence-electron chi connectivity index (χ2n) is 4.06. The number of aliphatic hydroxyl groups excluding tert-OH is 2. The first kappa shape index (κ1) is 17.9. The van der Waals surface area contributed by atoms with Crippen LogP contribution in [0.25, 0.3) is 5.69 Å². The van der Waals surface area contributed by atoms with Crippen LogP contribution >= 0.6 is 24.2 Å². The Morgan fingerprint density at radius 3 is 2.52 bits per heavy atom. The van der Waals surface area contributed by atoms with Crippen LogP contribution in [0.2, 0.25) is 0 Å². The number of halogens is 2. The fourth-order valence-corrected chi connectivity index (χ4v) is 2.48. The Morgan fingerprint density at radius 2 is 1.95 bits per heavy atom. The van der Waals surface area contributed by atoms with Crippen LogP contribution in [0.15, 0.2) is 29.4 Å². The minimum atomic E-state index is -0.834. The average molecular weight is 335 g/mol. The van der Waals surface area contributed by atoms with Gasteiger partial charge in [-0.25, -0.2) is 4.39 Å². The lowest BCUT2D eigenvalue weighted by molar-refractivity contribution is 0.113. The molecular formula is C12H16ClFN4O2S. The maximum absolute atomic E-state index is 13.0. The van der Waals surface area contributed by atoms with Crippen molar-refractivity contribution in [1.29, 1.82) is 0 Å². The number of aromatic nitrogens is 3. The molecule has 0 spiro atoms. The molecule has 0 saturated carbocycles. The van der Waals surface area contributed by atoms with Crippen molar-refractivity contribution in [2.75, 3.05) is 12.4 Å². The second kappa shape index (κ2) is 8.30. The molecule has 2 rings (SSSR count). The third-order valence-electron chi connectivity index (χ3n) is 2.58. The molecule has 0 amide bonds. The molecular weight excluding hydrogens is 319 g/mol. The van der Waals surface area contributed by atoms with Crippen LogP contribution < -0.4 is 5.73 Å². The summed E-state index contributed by atoms with van der Waals surface area (Å²) in [6, 6.07) is 5.88. The Labute approximate surface area is 131 Å². The lowest BCUT2D eigenvalue weighted by Gasteiger charge is -2.10. The van der Waals surface area contributed by atoms with Crippen LogP contribution in [0.5, 0.6) is 0 Å². The van der Waals surface area contributed by atoms with Crippen molar-refractivity contribution in [1.82, 2.24) is 14.8 Å². The van der Waals surface area contributed by atoms with E-state index < -0.39 is 6.10 Å². The summed E-state index contributed by atoms with van der Waals surface area (Å²) >= 11 is 1.25. The lowest BCUT2D eigenvalue weighted by atomic mass is 10.3. The second-order valence-corrected chi connectivity index (χ2v) is 5.05. The SMILES string of the molecule is Cl.NCc1nnc(SC[C@@H](O)CO)n1-c1ccc(F)cc1. The molecule has 0 aliphatic carbocycles. The van der Waals surface area contributed by atoms with Crippen molar-refractivity contribution in [2.24, 2.45) is 5.73 Å². The molecule has 1 aromatic heterocycles. The summed E-state index contributed by atoms with van der Waals surface area (Å²) in [6.07, 6.45) is -0.834. The molecule has 2 aromatic rings. The predicted octanol–water partition coefficient (Wildman–Crippen LogP) is 0.732. The number of nitrogens with zero attached hydrogens (tertiary/aromatic N) is 3. The molecule has 0 aliphatic heterocycles. The van der Waals surface area contributed by atoms with Gasteiger partial charge in [-0.15, -0.1) is 22.6 Å². The third kappa shape index (κ3) is 4.39. The summed E-state index contributed by atoms with van der Waals surface area (Å²) in [6.45, 7) is -0.130. The van der Waals surface area contributed by atoms with Gasteiger partial charge in [0.15, 0.2) is 11.0 Å². The highest BCUT2D eigenvalue weighted by atomic mass is 35.5. The van der Waals surface area contributed by atoms with Crippen molar-refractivity contribution >= 4 is 24.2 Å². The topological polar surface area (TPSA) is 97.2 Å². The van der Waals surface area contributed by atoms with Crippen molar-refractivity contribution in [2.45, 2.75) is 17.8 Å². The van der Waals surface area contributed by atoms with Crippen molar-refractivity contribution < 1.29 is 14.6 Å². The molecule has 9 heteroatoms. The van der Waals surface area contributed by atoms with E-state index in [-0.39, 0.29) is 37.1 Å². The molecule has 0 radical (unpaired) electrons. The lowest BCUT2D eigenvalue weighted by Crippen LogP contribution is -2.15. The summed E-state index contributed by atoms with van der Waals surface area (Å²) in [5.41, 5.74) is 6.31. The van der Waals surface area contributed by atoms with E-state index in [2.05, 4.69) is 10.2 Å². The molecule has 116 valence electrons. The summed E-state index contributed by atoms with van der Waals surface area (Å²) in [7, 11) is 0. The van der Waals surface area contributed by atoms with Gasteiger partial charge >= 0.3 is 0 Å². The molecule has 21 heavy (non-hydrogen) atoms. The van der Waals surface area contributed by atoms with E-state index in [1.165, 1.54) is 23.9 Å². The minimum absolute atomic E-state index is 0. The average Bonchev–Trinajstić information content (AvgIpc) is 2.88. The summed E-state index contributed by atoms with van der Waals surface area (Å²) < 4.78 is 14.7. The Balaban J connectivity index is 0.00000220. The summed E-state index contributed by atoms with van der Waals surface area (Å²) in [5.74, 6) is 0.485. The molecule has 4 N–H and O–H groups in total. The molecule has 1 heterocycles. The van der Waals surface area contributed by atoms with Crippen LogP contribution in [-0.2, 0) is 6.54 Å². The van der Waals surface area contributed by atoms with Gasteiger partial charge in [-0.3, -0.25) is 4.57 Å². The molecule has 6 nitrogen and oxygen atoms in total. The zero-order valence-corrected chi connectivity index (χ0v) is 12.6. The summed E-state index contributed by atoms with van der Waals surface area (Å²) in [5, 5.41) is 26.7. The van der Waals surface area contributed by atoms with Gasteiger partial charge in [0, 0.05) is 11.4 Å². The Morgan fingerprint density at radius 1 is 1.29 bits per heavy atom. The van der Waals surface area contributed by atoms with Gasteiger partial charge in [0.2, 0.25) is 0 Å². The van der Waals surface area contributed by atoms with Crippen molar-refractivity contribution in [3.05, 3.63) is 35.9 Å². The zero-order valence-electron chi connectivity index (χ0n) is 11.0. The van der Waals surface area contributed by atoms with Crippen LogP contribution in [0, 0.1) is 5.82 Å². The van der Waals surface area contributed by atoms with Gasteiger partial charge in [-0.1, -0.05) is 11.8 Å². The van der Waals surface area contributed by atoms with Crippen LogP contribution in [-0.4, -0.2) is 43.4 Å². The smallest absolute Gasteiger partial charge is 0.195 e. The largest absolute Gasteiger partial charge is 0.394 e. The van der Waals surface area contributed by atoms with E-state index in [4.69, 9.17) is 10.8 Å². The highest BCUT2D eigenvalue weighted by molar-refractivity contribution is 7.99. The highest BCUT2D eigenvalue weighted by Gasteiger charge is 2.15.